The summed E-state index contributed by atoms with van der Waals surface area (Å²) < 4.78 is 32.8. The van der Waals surface area contributed by atoms with Gasteiger partial charge < -0.3 is 10.1 Å². The Balaban J connectivity index is 1.47. The van der Waals surface area contributed by atoms with Crippen LogP contribution in [0.25, 0.3) is 0 Å². The standard InChI is InChI=1S/C23H25N3O6S/c1-16-9-11-17(12-10-16)33(30,31)26-13-5-4-8-20(26)23(29)32-15-22(28)25-14-21(27)24-18-6-2-3-7-19(18)25/h2-3,6-7,9-12,20H,4-5,8,13-15H2,1H3,(H,24,27). The van der Waals surface area contributed by atoms with Crippen molar-refractivity contribution in [1.29, 1.82) is 0 Å². The summed E-state index contributed by atoms with van der Waals surface area (Å²) in [6, 6.07) is 12.3. The molecule has 1 fully saturated rings. The molecule has 0 bridgehead atoms. The number of ether oxygens (including phenoxy) is 1. The van der Waals surface area contributed by atoms with Gasteiger partial charge in [0.2, 0.25) is 15.9 Å². The van der Waals surface area contributed by atoms with Crippen molar-refractivity contribution in [1.82, 2.24) is 4.31 Å². The molecule has 10 heteroatoms. The minimum Gasteiger partial charge on any atom is -0.454 e. The second-order valence-electron chi connectivity index (χ2n) is 8.09. The summed E-state index contributed by atoms with van der Waals surface area (Å²) in [5, 5.41) is 2.69. The van der Waals surface area contributed by atoms with Gasteiger partial charge in [0.05, 0.1) is 16.3 Å². The lowest BCUT2D eigenvalue weighted by molar-refractivity contribution is -0.152. The number of carbonyl (C=O) groups is 3. The second kappa shape index (κ2) is 9.32. The van der Waals surface area contributed by atoms with E-state index in [0.717, 1.165) is 9.87 Å². The Morgan fingerprint density at radius 3 is 2.58 bits per heavy atom. The van der Waals surface area contributed by atoms with E-state index in [0.29, 0.717) is 30.6 Å². The van der Waals surface area contributed by atoms with Crippen LogP contribution in [-0.2, 0) is 29.1 Å². The summed E-state index contributed by atoms with van der Waals surface area (Å²) in [5.41, 5.74) is 1.94. The van der Waals surface area contributed by atoms with E-state index in [1.165, 1.54) is 17.0 Å². The van der Waals surface area contributed by atoms with Crippen LogP contribution in [-0.4, -0.2) is 56.2 Å². The first-order valence-electron chi connectivity index (χ1n) is 10.7. The summed E-state index contributed by atoms with van der Waals surface area (Å²) in [4.78, 5) is 38.9. The fourth-order valence-electron chi connectivity index (χ4n) is 4.04. The van der Waals surface area contributed by atoms with Gasteiger partial charge in [0, 0.05) is 6.54 Å². The Bertz CT molecular complexity index is 1180. The summed E-state index contributed by atoms with van der Waals surface area (Å²) in [6.07, 6.45) is 1.62. The molecule has 4 rings (SSSR count). The molecule has 1 N–H and O–H groups in total. The number of rotatable bonds is 5. The zero-order chi connectivity index (χ0) is 23.6. The Morgan fingerprint density at radius 2 is 1.82 bits per heavy atom. The Kier molecular flexibility index (Phi) is 6.48. The molecule has 0 saturated carbocycles. The highest BCUT2D eigenvalue weighted by Crippen LogP contribution is 2.29. The highest BCUT2D eigenvalue weighted by atomic mass is 32.2. The van der Waals surface area contributed by atoms with Crippen molar-refractivity contribution in [2.24, 2.45) is 0 Å². The molecule has 1 unspecified atom stereocenters. The largest absolute Gasteiger partial charge is 0.454 e. The van der Waals surface area contributed by atoms with Crippen molar-refractivity contribution in [2.75, 3.05) is 29.9 Å². The molecule has 2 aliphatic rings. The van der Waals surface area contributed by atoms with Crippen LogP contribution in [0, 0.1) is 6.92 Å². The van der Waals surface area contributed by atoms with Crippen molar-refractivity contribution < 1.29 is 27.5 Å². The van der Waals surface area contributed by atoms with Gasteiger partial charge in [0.1, 0.15) is 12.6 Å². The van der Waals surface area contributed by atoms with Crippen molar-refractivity contribution in [3.63, 3.8) is 0 Å². The van der Waals surface area contributed by atoms with Crippen LogP contribution in [0.5, 0.6) is 0 Å². The molecule has 33 heavy (non-hydrogen) atoms. The second-order valence-corrected chi connectivity index (χ2v) is 9.98. The minimum atomic E-state index is -3.90. The van der Waals surface area contributed by atoms with Crippen LogP contribution in [0.15, 0.2) is 53.4 Å². The van der Waals surface area contributed by atoms with E-state index in [2.05, 4.69) is 5.32 Å². The monoisotopic (exact) mass is 471 g/mol. The van der Waals surface area contributed by atoms with Gasteiger partial charge >= 0.3 is 5.97 Å². The molecular weight excluding hydrogens is 446 g/mol. The number of piperidine rings is 1. The van der Waals surface area contributed by atoms with Crippen LogP contribution in [0.2, 0.25) is 0 Å². The molecule has 2 heterocycles. The van der Waals surface area contributed by atoms with Gasteiger partial charge in [-0.05, 0) is 50.5 Å². The van der Waals surface area contributed by atoms with E-state index in [-0.39, 0.29) is 23.9 Å². The number of carbonyl (C=O) groups excluding carboxylic acids is 3. The number of fused-ring (bicyclic) bond motifs is 1. The van der Waals surface area contributed by atoms with Crippen molar-refractivity contribution >= 4 is 39.2 Å². The lowest BCUT2D eigenvalue weighted by Gasteiger charge is -2.33. The predicted molar refractivity (Wildman–Crippen MR) is 121 cm³/mol. The van der Waals surface area contributed by atoms with Crippen molar-refractivity contribution in [3.05, 3.63) is 54.1 Å². The first-order chi connectivity index (χ1) is 15.8. The van der Waals surface area contributed by atoms with Gasteiger partial charge in [-0.2, -0.15) is 4.31 Å². The smallest absolute Gasteiger partial charge is 0.324 e. The topological polar surface area (TPSA) is 113 Å². The molecule has 2 aromatic rings. The maximum Gasteiger partial charge on any atom is 0.324 e. The van der Waals surface area contributed by atoms with Crippen LogP contribution in [0.3, 0.4) is 0 Å². The number of sulfonamides is 1. The van der Waals surface area contributed by atoms with Gasteiger partial charge in [-0.25, -0.2) is 8.42 Å². The molecule has 9 nitrogen and oxygen atoms in total. The maximum absolute atomic E-state index is 13.2. The highest BCUT2D eigenvalue weighted by molar-refractivity contribution is 7.89. The van der Waals surface area contributed by atoms with Crippen molar-refractivity contribution in [2.45, 2.75) is 37.1 Å². The van der Waals surface area contributed by atoms with E-state index < -0.39 is 34.5 Å². The summed E-state index contributed by atoms with van der Waals surface area (Å²) in [5.74, 6) is -1.68. The zero-order valence-electron chi connectivity index (χ0n) is 18.2. The first-order valence-corrected chi connectivity index (χ1v) is 12.2. The number of para-hydroxylation sites is 2. The van der Waals surface area contributed by atoms with Gasteiger partial charge in [-0.15, -0.1) is 0 Å². The van der Waals surface area contributed by atoms with Crippen LogP contribution in [0.1, 0.15) is 24.8 Å². The van der Waals surface area contributed by atoms with Gasteiger partial charge in [0.25, 0.3) is 5.91 Å². The summed E-state index contributed by atoms with van der Waals surface area (Å²) >= 11 is 0. The molecule has 0 aliphatic carbocycles. The number of aryl methyl sites for hydroxylation is 1. The quantitative estimate of drug-likeness (QED) is 0.668. The molecule has 0 spiro atoms. The van der Waals surface area contributed by atoms with Gasteiger partial charge in [-0.3, -0.25) is 19.3 Å². The van der Waals surface area contributed by atoms with E-state index >= 15 is 0 Å². The minimum absolute atomic E-state index is 0.111. The fraction of sp³-hybridized carbons (Fsp3) is 0.348. The lowest BCUT2D eigenvalue weighted by atomic mass is 10.1. The Labute approximate surface area is 192 Å². The zero-order valence-corrected chi connectivity index (χ0v) is 19.0. The molecule has 2 aromatic carbocycles. The number of hydrogen-bond donors (Lipinski definition) is 1. The number of esters is 1. The SMILES string of the molecule is Cc1ccc(S(=O)(=O)N2CCCCC2C(=O)OCC(=O)N2CC(=O)Nc3ccccc32)cc1. The number of hydrogen-bond acceptors (Lipinski definition) is 6. The number of nitrogens with one attached hydrogen (secondary N) is 1. The number of benzene rings is 2. The van der Waals surface area contributed by atoms with Crippen LogP contribution < -0.4 is 10.2 Å². The summed E-state index contributed by atoms with van der Waals surface area (Å²) in [6.45, 7) is 1.28. The van der Waals surface area contributed by atoms with Crippen LogP contribution in [0.4, 0.5) is 11.4 Å². The maximum atomic E-state index is 13.2. The lowest BCUT2D eigenvalue weighted by Crippen LogP contribution is -2.49. The molecule has 0 aromatic heterocycles. The molecular formula is C23H25N3O6S. The third-order valence-electron chi connectivity index (χ3n) is 5.76. The normalized spacial score (nSPS) is 18.9. The third kappa shape index (κ3) is 4.76. The van der Waals surface area contributed by atoms with Gasteiger partial charge in [0.15, 0.2) is 6.61 Å². The average molecular weight is 472 g/mol. The molecule has 0 radical (unpaired) electrons. The molecule has 2 amide bonds. The molecule has 1 atom stereocenters. The fourth-order valence-corrected chi connectivity index (χ4v) is 5.68. The first kappa shape index (κ1) is 22.9. The van der Waals surface area contributed by atoms with Crippen molar-refractivity contribution in [3.8, 4) is 0 Å². The average Bonchev–Trinajstić information content (AvgIpc) is 2.82. The van der Waals surface area contributed by atoms with Crippen LogP contribution >= 0.6 is 0 Å². The Hall–Kier alpha value is -3.24. The third-order valence-corrected chi connectivity index (χ3v) is 7.69. The molecule has 174 valence electrons. The number of amides is 2. The predicted octanol–water partition coefficient (Wildman–Crippen LogP) is 2.07. The van der Waals surface area contributed by atoms with Gasteiger partial charge in [-0.1, -0.05) is 29.8 Å². The van der Waals surface area contributed by atoms with E-state index in [1.807, 2.05) is 6.92 Å². The number of anilines is 2. The van der Waals surface area contributed by atoms with E-state index in [9.17, 15) is 22.8 Å². The van der Waals surface area contributed by atoms with E-state index in [4.69, 9.17) is 4.74 Å². The molecule has 2 aliphatic heterocycles. The summed E-state index contributed by atoms with van der Waals surface area (Å²) in [7, 11) is -3.90. The molecule has 1 saturated heterocycles. The highest BCUT2D eigenvalue weighted by Gasteiger charge is 2.39. The van der Waals surface area contributed by atoms with E-state index in [1.54, 1.807) is 36.4 Å². The number of nitrogens with zero attached hydrogens (tertiary/aromatic N) is 2. The Morgan fingerprint density at radius 1 is 1.09 bits per heavy atom.